The van der Waals surface area contributed by atoms with Gasteiger partial charge in [-0.15, -0.1) is 0 Å². The van der Waals surface area contributed by atoms with Gasteiger partial charge >= 0.3 is 5.97 Å². The molecule has 11 N–H and O–H groups in total. The number of allylic oxidation sites excluding steroid dienone is 2. The fraction of sp³-hybridized carbons (Fsp3) is 0.938. The van der Waals surface area contributed by atoms with Gasteiger partial charge in [0.1, 0.15) is 67.1 Å². The molecule has 378 valence electrons. The average Bonchev–Trinajstić information content (AvgIpc) is 3.26. The number of rotatable bonds is 9. The second-order valence-corrected chi connectivity index (χ2v) is 23.5. The van der Waals surface area contributed by atoms with Gasteiger partial charge in [-0.05, 0) is 109 Å². The van der Waals surface area contributed by atoms with Crippen molar-refractivity contribution in [3.63, 3.8) is 0 Å². The van der Waals surface area contributed by atoms with Crippen molar-refractivity contribution < 1.29 is 89.4 Å². The summed E-state index contributed by atoms with van der Waals surface area (Å²) in [6, 6.07) is 0. The maximum absolute atomic E-state index is 15.2. The molecule has 0 spiro atoms. The van der Waals surface area contributed by atoms with Gasteiger partial charge in [0.05, 0.1) is 31.3 Å². The molecule has 0 aromatic rings. The Hall–Kier alpha value is -1.43. The first-order chi connectivity index (χ1) is 30.9. The summed E-state index contributed by atoms with van der Waals surface area (Å²) in [5.74, 6) is -0.282. The molecule has 8 rings (SSSR count). The third-order valence-corrected chi connectivity index (χ3v) is 19.3. The predicted octanol–water partition coefficient (Wildman–Crippen LogP) is 0.141. The molecule has 3 heterocycles. The van der Waals surface area contributed by atoms with E-state index in [1.54, 1.807) is 0 Å². The molecule has 0 amide bonds. The molecular formula is C48H78O18. The molecule has 7 fully saturated rings. The standard InChI is InChI=1S/C48H78O18/c1-43(2)14-16-48(42(60)66-41-38(35(57)32(54)26(21-51)63-41)65-40-37(59)34(56)31(53)25(20-50)62-40)17-15-46(6)22(23(48)18-43)8-9-28-45(5)12-11-29(44(3,4)27(45)10-13-47(28,46)7)64-39-36(58)33(55)30(52)24(19-49)61-39/h8,23-41,49-59H,9-21H2,1-7H3/t23-,24-,25-,26-,27+,28-,29+,30-,31-,32+,33+,34+,35+,36-,37-,38-,39+,40+,41+,45+,46-,47-,48+/m1/s1. The number of carbonyl (C=O) groups excluding carboxylic acids is 1. The molecule has 4 saturated carbocycles. The number of esters is 1. The van der Waals surface area contributed by atoms with Crippen molar-refractivity contribution in [3.05, 3.63) is 11.6 Å². The fourth-order valence-corrected chi connectivity index (χ4v) is 15.0. The highest BCUT2D eigenvalue weighted by Gasteiger charge is 2.70. The summed E-state index contributed by atoms with van der Waals surface area (Å²) >= 11 is 0. The summed E-state index contributed by atoms with van der Waals surface area (Å²) in [5, 5.41) is 115. The molecule has 0 radical (unpaired) electrons. The summed E-state index contributed by atoms with van der Waals surface area (Å²) in [4.78, 5) is 15.2. The highest BCUT2D eigenvalue weighted by molar-refractivity contribution is 5.79. The van der Waals surface area contributed by atoms with Crippen molar-refractivity contribution in [1.82, 2.24) is 0 Å². The molecule has 66 heavy (non-hydrogen) atoms. The van der Waals surface area contributed by atoms with Gasteiger partial charge in [0, 0.05) is 0 Å². The highest BCUT2D eigenvalue weighted by Crippen LogP contribution is 2.76. The summed E-state index contributed by atoms with van der Waals surface area (Å²) in [7, 11) is 0. The molecule has 5 aliphatic carbocycles. The number of aliphatic hydroxyl groups is 11. The lowest BCUT2D eigenvalue weighted by Gasteiger charge is -2.71. The molecule has 0 aromatic carbocycles. The Kier molecular flexibility index (Phi) is 13.9. The molecule has 18 heteroatoms. The van der Waals surface area contributed by atoms with Gasteiger partial charge in [0.2, 0.25) is 6.29 Å². The molecule has 3 aliphatic heterocycles. The Balaban J connectivity index is 1.06. The van der Waals surface area contributed by atoms with Crippen LogP contribution in [0.5, 0.6) is 0 Å². The Morgan fingerprint density at radius 2 is 1.14 bits per heavy atom. The number of aliphatic hydroxyl groups excluding tert-OH is 11. The van der Waals surface area contributed by atoms with Crippen molar-refractivity contribution in [2.75, 3.05) is 19.8 Å². The van der Waals surface area contributed by atoms with E-state index in [2.05, 4.69) is 54.5 Å². The van der Waals surface area contributed by atoms with Crippen molar-refractivity contribution in [2.45, 2.75) is 211 Å². The number of fused-ring (bicyclic) bond motifs is 7. The van der Waals surface area contributed by atoms with E-state index in [0.717, 1.165) is 32.1 Å². The van der Waals surface area contributed by atoms with Gasteiger partial charge in [-0.2, -0.15) is 0 Å². The monoisotopic (exact) mass is 943 g/mol. The third kappa shape index (κ3) is 7.87. The maximum atomic E-state index is 15.2. The first kappa shape index (κ1) is 50.9. The van der Waals surface area contributed by atoms with E-state index in [9.17, 15) is 56.2 Å². The van der Waals surface area contributed by atoms with E-state index >= 15 is 4.79 Å². The average molecular weight is 943 g/mol. The van der Waals surface area contributed by atoms with E-state index in [0.29, 0.717) is 32.1 Å². The molecule has 0 bridgehead atoms. The minimum absolute atomic E-state index is 0.112. The van der Waals surface area contributed by atoms with Crippen LogP contribution in [0.15, 0.2) is 11.6 Å². The highest BCUT2D eigenvalue weighted by atomic mass is 16.8. The summed E-state index contributed by atoms with van der Waals surface area (Å²) in [5.41, 5.74) is -0.804. The lowest BCUT2D eigenvalue weighted by molar-refractivity contribution is -0.363. The van der Waals surface area contributed by atoms with Crippen LogP contribution in [0.2, 0.25) is 0 Å². The third-order valence-electron chi connectivity index (χ3n) is 19.3. The number of hydrogen-bond donors (Lipinski definition) is 11. The second kappa shape index (κ2) is 18.0. The van der Waals surface area contributed by atoms with Crippen LogP contribution < -0.4 is 0 Å². The van der Waals surface area contributed by atoms with Crippen molar-refractivity contribution >= 4 is 5.97 Å². The Morgan fingerprint density at radius 1 is 0.606 bits per heavy atom. The second-order valence-electron chi connectivity index (χ2n) is 23.5. The molecule has 18 nitrogen and oxygen atoms in total. The quantitative estimate of drug-likeness (QED) is 0.0833. The first-order valence-corrected chi connectivity index (χ1v) is 24.3. The van der Waals surface area contributed by atoms with Crippen LogP contribution in [0.1, 0.15) is 113 Å². The van der Waals surface area contributed by atoms with Crippen LogP contribution >= 0.6 is 0 Å². The molecule has 3 saturated heterocycles. The molecule has 23 atom stereocenters. The van der Waals surface area contributed by atoms with E-state index in [1.165, 1.54) is 5.57 Å². The minimum Gasteiger partial charge on any atom is -0.432 e. The smallest absolute Gasteiger partial charge is 0.315 e. The Labute approximate surface area is 387 Å². The number of ether oxygens (including phenoxy) is 6. The Morgan fingerprint density at radius 3 is 1.71 bits per heavy atom. The largest absolute Gasteiger partial charge is 0.432 e. The van der Waals surface area contributed by atoms with Gasteiger partial charge in [-0.25, -0.2) is 0 Å². The van der Waals surface area contributed by atoms with Crippen molar-refractivity contribution in [2.24, 2.45) is 50.2 Å². The van der Waals surface area contributed by atoms with E-state index in [1.807, 2.05) is 0 Å². The number of hydrogen-bond acceptors (Lipinski definition) is 18. The zero-order chi connectivity index (χ0) is 48.3. The van der Waals surface area contributed by atoms with Gasteiger partial charge in [-0.1, -0.05) is 60.1 Å². The zero-order valence-corrected chi connectivity index (χ0v) is 39.5. The van der Waals surface area contributed by atoms with Crippen LogP contribution in [-0.2, 0) is 33.2 Å². The fourth-order valence-electron chi connectivity index (χ4n) is 15.0. The van der Waals surface area contributed by atoms with Gasteiger partial charge in [0.15, 0.2) is 18.7 Å². The maximum Gasteiger partial charge on any atom is 0.315 e. The van der Waals surface area contributed by atoms with E-state index < -0.39 is 123 Å². The van der Waals surface area contributed by atoms with Gasteiger partial charge < -0.3 is 84.6 Å². The first-order valence-electron chi connectivity index (χ1n) is 24.3. The normalized spacial score (nSPS) is 53.3. The van der Waals surface area contributed by atoms with Gasteiger partial charge in [0.25, 0.3) is 0 Å². The minimum atomic E-state index is -1.86. The summed E-state index contributed by atoms with van der Waals surface area (Å²) in [6.45, 7) is 14.1. The molecular weight excluding hydrogens is 865 g/mol. The topological polar surface area (TPSA) is 295 Å². The van der Waals surface area contributed by atoms with Crippen LogP contribution in [0.25, 0.3) is 0 Å². The van der Waals surface area contributed by atoms with Crippen LogP contribution in [-0.4, -0.2) is 180 Å². The SMILES string of the molecule is CC1(C)CC[C@]2(C(=O)O[C@@H]3O[C@H](CO)[C@H](O)[C@H](O)[C@H]3O[C@@H]3O[C@H](CO)[C@@H](O)[C@H](O)[C@H]3O)CC[C@]3(C)C(=CC[C@@H]4[C@@]5(C)CC[C@H](O[C@@H]6O[C@H](CO)[C@@H](O)[C@H](O)[C@H]6O)C(C)(C)[C@@H]5CC[C@]43C)[C@H]2C1. The number of carbonyl (C=O) groups is 1. The van der Waals surface area contributed by atoms with Crippen LogP contribution in [0, 0.1) is 50.2 Å². The lowest BCUT2D eigenvalue weighted by atomic mass is 9.33. The summed E-state index contributed by atoms with van der Waals surface area (Å²) in [6.07, 6.45) is -14.1. The molecule has 0 aromatic heterocycles. The van der Waals surface area contributed by atoms with Gasteiger partial charge in [-0.3, -0.25) is 4.79 Å². The van der Waals surface area contributed by atoms with Crippen LogP contribution in [0.3, 0.4) is 0 Å². The molecule has 8 aliphatic rings. The lowest BCUT2D eigenvalue weighted by Crippen LogP contribution is -2.66. The molecule has 0 unspecified atom stereocenters. The van der Waals surface area contributed by atoms with Crippen LogP contribution in [0.4, 0.5) is 0 Å². The Bertz CT molecular complexity index is 1790. The predicted molar refractivity (Wildman–Crippen MR) is 230 cm³/mol. The van der Waals surface area contributed by atoms with Crippen molar-refractivity contribution in [3.8, 4) is 0 Å². The summed E-state index contributed by atoms with van der Waals surface area (Å²) < 4.78 is 36.0. The van der Waals surface area contributed by atoms with E-state index in [-0.39, 0.29) is 50.9 Å². The zero-order valence-electron chi connectivity index (χ0n) is 39.5. The van der Waals surface area contributed by atoms with Crippen molar-refractivity contribution in [1.29, 1.82) is 0 Å². The van der Waals surface area contributed by atoms with E-state index in [4.69, 9.17) is 28.4 Å².